The van der Waals surface area contributed by atoms with Crippen LogP contribution in [0.4, 0.5) is 0 Å². The van der Waals surface area contributed by atoms with Gasteiger partial charge in [-0.15, -0.1) is 0 Å². The molecule has 2 atom stereocenters. The molecule has 1 aliphatic carbocycles. The maximum Gasteiger partial charge on any atom is 0.119 e. The van der Waals surface area contributed by atoms with Gasteiger partial charge in [-0.25, -0.2) is 0 Å². The fourth-order valence-electron chi connectivity index (χ4n) is 2.70. The van der Waals surface area contributed by atoms with Crippen LogP contribution in [0.3, 0.4) is 0 Å². The van der Waals surface area contributed by atoms with Gasteiger partial charge in [-0.2, -0.15) is 0 Å². The maximum absolute atomic E-state index is 10.8. The second-order valence-electron chi connectivity index (χ2n) is 5.30. The molecule has 0 aromatic heterocycles. The minimum Gasteiger partial charge on any atom is -0.497 e. The number of methoxy groups -OCH3 is 1. The molecule has 0 amide bonds. The number of hydrogen-bond acceptors (Lipinski definition) is 2. The molecular formula is C15H22O2. The van der Waals surface area contributed by atoms with Crippen molar-refractivity contribution in [2.45, 2.75) is 44.6 Å². The van der Waals surface area contributed by atoms with Crippen LogP contribution in [0.5, 0.6) is 5.75 Å². The standard InChI is InChI=1S/C15H22O2/c1-12-5-4-9-15(16,10-8-12)13-6-3-7-14(11-13)17-2/h3,6-7,11-12,16H,4-5,8-10H2,1-2H3. The van der Waals surface area contributed by atoms with E-state index in [1.807, 2.05) is 24.3 Å². The number of benzene rings is 1. The zero-order valence-corrected chi connectivity index (χ0v) is 10.8. The highest BCUT2D eigenvalue weighted by molar-refractivity contribution is 5.32. The third-order valence-corrected chi connectivity index (χ3v) is 3.95. The quantitative estimate of drug-likeness (QED) is 0.794. The monoisotopic (exact) mass is 234 g/mol. The van der Waals surface area contributed by atoms with Crippen molar-refractivity contribution in [3.8, 4) is 5.75 Å². The first-order valence-corrected chi connectivity index (χ1v) is 6.51. The van der Waals surface area contributed by atoms with Crippen molar-refractivity contribution in [2.24, 2.45) is 5.92 Å². The molecule has 1 aliphatic rings. The lowest BCUT2D eigenvalue weighted by Gasteiger charge is -2.27. The van der Waals surface area contributed by atoms with Gasteiger partial charge in [0.2, 0.25) is 0 Å². The number of rotatable bonds is 2. The number of hydrogen-bond donors (Lipinski definition) is 1. The highest BCUT2D eigenvalue weighted by atomic mass is 16.5. The molecule has 94 valence electrons. The molecule has 2 nitrogen and oxygen atoms in total. The fraction of sp³-hybridized carbons (Fsp3) is 0.600. The average molecular weight is 234 g/mol. The lowest BCUT2D eigenvalue weighted by atomic mass is 9.86. The van der Waals surface area contributed by atoms with Crippen molar-refractivity contribution in [2.75, 3.05) is 7.11 Å². The summed E-state index contributed by atoms with van der Waals surface area (Å²) in [4.78, 5) is 0. The Hall–Kier alpha value is -1.02. The molecule has 0 bridgehead atoms. The normalized spacial score (nSPS) is 29.7. The van der Waals surface area contributed by atoms with Crippen LogP contribution in [-0.2, 0) is 5.60 Å². The topological polar surface area (TPSA) is 29.5 Å². The van der Waals surface area contributed by atoms with E-state index < -0.39 is 5.60 Å². The zero-order valence-electron chi connectivity index (χ0n) is 10.8. The third kappa shape index (κ3) is 2.81. The lowest BCUT2D eigenvalue weighted by Crippen LogP contribution is -2.24. The summed E-state index contributed by atoms with van der Waals surface area (Å²) in [5, 5.41) is 10.8. The molecule has 0 saturated heterocycles. The minimum absolute atomic E-state index is 0.653. The second-order valence-corrected chi connectivity index (χ2v) is 5.30. The Labute approximate surface area is 104 Å². The van der Waals surface area contributed by atoms with Crippen molar-refractivity contribution in [1.29, 1.82) is 0 Å². The zero-order chi connectivity index (χ0) is 12.3. The largest absolute Gasteiger partial charge is 0.497 e. The van der Waals surface area contributed by atoms with Gasteiger partial charge < -0.3 is 9.84 Å². The summed E-state index contributed by atoms with van der Waals surface area (Å²) in [5.41, 5.74) is 0.352. The van der Waals surface area contributed by atoms with Crippen LogP contribution in [0, 0.1) is 5.92 Å². The van der Waals surface area contributed by atoms with E-state index in [0.29, 0.717) is 0 Å². The SMILES string of the molecule is COc1cccc(C2(O)CCCC(C)CC2)c1. The second kappa shape index (κ2) is 5.09. The molecule has 0 aliphatic heterocycles. The lowest BCUT2D eigenvalue weighted by molar-refractivity contribution is 0.0196. The summed E-state index contributed by atoms with van der Waals surface area (Å²) in [6, 6.07) is 7.86. The summed E-state index contributed by atoms with van der Waals surface area (Å²) in [7, 11) is 1.67. The van der Waals surface area contributed by atoms with Crippen LogP contribution in [0.2, 0.25) is 0 Å². The summed E-state index contributed by atoms with van der Waals surface area (Å²) in [5.74, 6) is 1.56. The highest BCUT2D eigenvalue weighted by Crippen LogP contribution is 2.38. The molecule has 2 unspecified atom stereocenters. The molecule has 2 rings (SSSR count). The van der Waals surface area contributed by atoms with Crippen LogP contribution in [0.15, 0.2) is 24.3 Å². The molecule has 1 aromatic carbocycles. The number of aliphatic hydroxyl groups is 1. The first kappa shape index (κ1) is 12.4. The van der Waals surface area contributed by atoms with E-state index in [1.165, 1.54) is 6.42 Å². The van der Waals surface area contributed by atoms with Gasteiger partial charge in [0.05, 0.1) is 12.7 Å². The van der Waals surface area contributed by atoms with E-state index in [-0.39, 0.29) is 0 Å². The van der Waals surface area contributed by atoms with E-state index in [0.717, 1.165) is 42.9 Å². The van der Waals surface area contributed by atoms with E-state index >= 15 is 0 Å². The molecule has 1 fully saturated rings. The highest BCUT2D eigenvalue weighted by Gasteiger charge is 2.31. The molecule has 1 saturated carbocycles. The van der Waals surface area contributed by atoms with Crippen LogP contribution >= 0.6 is 0 Å². The Morgan fingerprint density at radius 3 is 2.88 bits per heavy atom. The molecule has 1 aromatic rings. The van der Waals surface area contributed by atoms with E-state index in [9.17, 15) is 5.11 Å². The van der Waals surface area contributed by atoms with Gasteiger partial charge in [-0.05, 0) is 49.3 Å². The van der Waals surface area contributed by atoms with Crippen LogP contribution in [0.25, 0.3) is 0 Å². The Morgan fingerprint density at radius 1 is 1.29 bits per heavy atom. The molecule has 2 heteroatoms. The van der Waals surface area contributed by atoms with Crippen molar-refractivity contribution in [3.05, 3.63) is 29.8 Å². The smallest absolute Gasteiger partial charge is 0.119 e. The number of ether oxygens (including phenoxy) is 1. The fourth-order valence-corrected chi connectivity index (χ4v) is 2.70. The van der Waals surface area contributed by atoms with Gasteiger partial charge in [0.15, 0.2) is 0 Å². The molecule has 1 N–H and O–H groups in total. The van der Waals surface area contributed by atoms with Crippen LogP contribution in [-0.4, -0.2) is 12.2 Å². The summed E-state index contributed by atoms with van der Waals surface area (Å²) >= 11 is 0. The summed E-state index contributed by atoms with van der Waals surface area (Å²) in [6.45, 7) is 2.28. The molecule has 0 spiro atoms. The first-order chi connectivity index (χ1) is 8.14. The van der Waals surface area contributed by atoms with Gasteiger partial charge in [-0.3, -0.25) is 0 Å². The summed E-state index contributed by atoms with van der Waals surface area (Å²) in [6.07, 6.45) is 5.17. The van der Waals surface area contributed by atoms with E-state index in [4.69, 9.17) is 4.74 Å². The Balaban J connectivity index is 2.23. The first-order valence-electron chi connectivity index (χ1n) is 6.51. The Kier molecular flexibility index (Phi) is 3.72. The average Bonchev–Trinajstić information content (AvgIpc) is 2.53. The van der Waals surface area contributed by atoms with E-state index in [1.54, 1.807) is 7.11 Å². The van der Waals surface area contributed by atoms with Crippen molar-refractivity contribution in [3.63, 3.8) is 0 Å². The van der Waals surface area contributed by atoms with Gasteiger partial charge in [0, 0.05) is 0 Å². The molecular weight excluding hydrogens is 212 g/mol. The van der Waals surface area contributed by atoms with Gasteiger partial charge >= 0.3 is 0 Å². The minimum atomic E-state index is -0.653. The third-order valence-electron chi connectivity index (χ3n) is 3.95. The molecule has 17 heavy (non-hydrogen) atoms. The van der Waals surface area contributed by atoms with E-state index in [2.05, 4.69) is 6.92 Å². The maximum atomic E-state index is 10.8. The molecule has 0 radical (unpaired) electrons. The molecule has 0 heterocycles. The van der Waals surface area contributed by atoms with Gasteiger partial charge in [0.25, 0.3) is 0 Å². The predicted octanol–water partition coefficient (Wildman–Crippen LogP) is 3.48. The van der Waals surface area contributed by atoms with Crippen molar-refractivity contribution >= 4 is 0 Å². The van der Waals surface area contributed by atoms with Crippen LogP contribution in [0.1, 0.15) is 44.6 Å². The Morgan fingerprint density at radius 2 is 2.12 bits per heavy atom. The van der Waals surface area contributed by atoms with Crippen molar-refractivity contribution < 1.29 is 9.84 Å². The van der Waals surface area contributed by atoms with Gasteiger partial charge in [0.1, 0.15) is 5.75 Å². The van der Waals surface area contributed by atoms with Gasteiger partial charge in [-0.1, -0.05) is 25.5 Å². The Bertz CT molecular complexity index is 375. The van der Waals surface area contributed by atoms with Crippen molar-refractivity contribution in [1.82, 2.24) is 0 Å². The van der Waals surface area contributed by atoms with Crippen LogP contribution < -0.4 is 4.74 Å². The summed E-state index contributed by atoms with van der Waals surface area (Å²) < 4.78 is 5.23. The predicted molar refractivity (Wildman–Crippen MR) is 69.1 cm³/mol.